The zero-order valence-electron chi connectivity index (χ0n) is 11.2. The second kappa shape index (κ2) is 6.58. The minimum absolute atomic E-state index is 0.0425. The van der Waals surface area contributed by atoms with Crippen molar-refractivity contribution in [3.63, 3.8) is 0 Å². The number of anilines is 1. The van der Waals surface area contributed by atoms with E-state index in [4.69, 9.17) is 10.5 Å². The topological polar surface area (TPSA) is 61.5 Å². The highest BCUT2D eigenvalue weighted by molar-refractivity contribution is 9.10. The van der Waals surface area contributed by atoms with Crippen LogP contribution in [0, 0.1) is 5.82 Å². The van der Waals surface area contributed by atoms with Gasteiger partial charge in [-0.1, -0.05) is 22.0 Å². The molecule has 6 heteroatoms. The van der Waals surface area contributed by atoms with Gasteiger partial charge in [-0.05, 0) is 30.3 Å². The van der Waals surface area contributed by atoms with Crippen LogP contribution in [0.15, 0.2) is 40.9 Å². The molecule has 4 nitrogen and oxygen atoms in total. The van der Waals surface area contributed by atoms with Crippen molar-refractivity contribution in [3.05, 3.63) is 57.8 Å². The Hall–Kier alpha value is -2.08. The maximum Gasteiger partial charge on any atom is 0.337 e. The molecular formula is C15H13BrFNO3. The molecule has 2 rings (SSSR count). The summed E-state index contributed by atoms with van der Waals surface area (Å²) in [6, 6.07) is 9.26. The summed E-state index contributed by atoms with van der Waals surface area (Å²) in [5, 5.41) is 0. The number of ether oxygens (including phenoxy) is 2. The first-order valence-electron chi connectivity index (χ1n) is 6.06. The largest absolute Gasteiger partial charge is 0.487 e. The Balaban J connectivity index is 2.11. The SMILES string of the molecule is COC(=O)c1ccc(OCc2ccc(Br)cc2F)c(N)c1. The third-order valence-electron chi connectivity index (χ3n) is 2.83. The van der Waals surface area contributed by atoms with Crippen LogP contribution < -0.4 is 10.5 Å². The number of benzene rings is 2. The molecule has 0 radical (unpaired) electrons. The summed E-state index contributed by atoms with van der Waals surface area (Å²) in [6.07, 6.45) is 0. The predicted octanol–water partition coefficient (Wildman–Crippen LogP) is 3.54. The Morgan fingerprint density at radius 1 is 1.29 bits per heavy atom. The monoisotopic (exact) mass is 353 g/mol. The van der Waals surface area contributed by atoms with E-state index in [1.54, 1.807) is 18.2 Å². The van der Waals surface area contributed by atoms with Crippen LogP contribution in [0.3, 0.4) is 0 Å². The molecule has 0 aromatic heterocycles. The highest BCUT2D eigenvalue weighted by Gasteiger charge is 2.10. The lowest BCUT2D eigenvalue weighted by Crippen LogP contribution is -2.04. The van der Waals surface area contributed by atoms with Gasteiger partial charge in [-0.15, -0.1) is 0 Å². The summed E-state index contributed by atoms with van der Waals surface area (Å²) in [7, 11) is 1.29. The van der Waals surface area contributed by atoms with Crippen LogP contribution in [0.1, 0.15) is 15.9 Å². The highest BCUT2D eigenvalue weighted by Crippen LogP contribution is 2.25. The Bertz CT molecular complexity index is 676. The summed E-state index contributed by atoms with van der Waals surface area (Å²) in [5.74, 6) is -0.466. The van der Waals surface area contributed by atoms with Gasteiger partial charge in [0.15, 0.2) is 0 Å². The third-order valence-corrected chi connectivity index (χ3v) is 3.32. The Kier molecular flexibility index (Phi) is 4.80. The molecule has 110 valence electrons. The molecule has 0 aliphatic rings. The molecule has 0 atom stereocenters. The zero-order valence-corrected chi connectivity index (χ0v) is 12.8. The van der Waals surface area contributed by atoms with Gasteiger partial charge in [-0.2, -0.15) is 0 Å². The molecule has 0 saturated carbocycles. The van der Waals surface area contributed by atoms with Crippen molar-refractivity contribution >= 4 is 27.6 Å². The molecular weight excluding hydrogens is 341 g/mol. The minimum atomic E-state index is -0.479. The van der Waals surface area contributed by atoms with Crippen molar-refractivity contribution in [1.29, 1.82) is 0 Å². The maximum absolute atomic E-state index is 13.7. The normalized spacial score (nSPS) is 10.2. The molecule has 0 saturated heterocycles. The molecule has 2 aromatic rings. The first kappa shape index (κ1) is 15.3. The van der Waals surface area contributed by atoms with Gasteiger partial charge in [0, 0.05) is 10.0 Å². The fourth-order valence-electron chi connectivity index (χ4n) is 1.72. The van der Waals surface area contributed by atoms with E-state index in [9.17, 15) is 9.18 Å². The standard InChI is InChI=1S/C15H13BrFNO3/c1-20-15(19)9-3-5-14(13(18)6-9)21-8-10-2-4-11(16)7-12(10)17/h2-7H,8,18H2,1H3. The van der Waals surface area contributed by atoms with Crippen LogP contribution >= 0.6 is 15.9 Å². The van der Waals surface area contributed by atoms with E-state index in [1.807, 2.05) is 0 Å². The van der Waals surface area contributed by atoms with Crippen molar-refractivity contribution < 1.29 is 18.7 Å². The number of nitrogens with two attached hydrogens (primary N) is 1. The number of halogens is 2. The van der Waals surface area contributed by atoms with Crippen molar-refractivity contribution in [2.45, 2.75) is 6.61 Å². The van der Waals surface area contributed by atoms with E-state index in [1.165, 1.54) is 25.3 Å². The summed E-state index contributed by atoms with van der Waals surface area (Å²) in [5.41, 5.74) is 6.84. The number of rotatable bonds is 4. The molecule has 0 fully saturated rings. The minimum Gasteiger partial charge on any atom is -0.487 e. The first-order valence-corrected chi connectivity index (χ1v) is 6.85. The van der Waals surface area contributed by atoms with Gasteiger partial charge in [0.25, 0.3) is 0 Å². The van der Waals surface area contributed by atoms with E-state index >= 15 is 0 Å². The van der Waals surface area contributed by atoms with Gasteiger partial charge in [0.05, 0.1) is 18.4 Å². The Morgan fingerprint density at radius 2 is 2.05 bits per heavy atom. The van der Waals surface area contributed by atoms with Crippen LogP contribution in [-0.4, -0.2) is 13.1 Å². The quantitative estimate of drug-likeness (QED) is 0.674. The van der Waals surface area contributed by atoms with Gasteiger partial charge in [-0.25, -0.2) is 9.18 Å². The number of hydrogen-bond donors (Lipinski definition) is 1. The van der Waals surface area contributed by atoms with E-state index in [0.29, 0.717) is 21.3 Å². The summed E-state index contributed by atoms with van der Waals surface area (Å²) >= 11 is 3.19. The van der Waals surface area contributed by atoms with E-state index < -0.39 is 5.97 Å². The lowest BCUT2D eigenvalue weighted by molar-refractivity contribution is 0.0600. The second-order valence-corrected chi connectivity index (χ2v) is 5.18. The van der Waals surface area contributed by atoms with Gasteiger partial charge in [0.1, 0.15) is 18.2 Å². The van der Waals surface area contributed by atoms with Gasteiger partial charge < -0.3 is 15.2 Å². The lowest BCUT2D eigenvalue weighted by atomic mass is 10.2. The Labute approximate surface area is 129 Å². The highest BCUT2D eigenvalue weighted by atomic mass is 79.9. The Morgan fingerprint density at radius 3 is 2.67 bits per heavy atom. The van der Waals surface area contributed by atoms with Crippen molar-refractivity contribution in [2.75, 3.05) is 12.8 Å². The molecule has 0 bridgehead atoms. The predicted molar refractivity (Wildman–Crippen MR) is 80.6 cm³/mol. The number of carbonyl (C=O) groups excluding carboxylic acids is 1. The fourth-order valence-corrected chi connectivity index (χ4v) is 2.05. The number of methoxy groups -OCH3 is 1. The number of esters is 1. The molecule has 0 aliphatic carbocycles. The second-order valence-electron chi connectivity index (χ2n) is 4.27. The first-order chi connectivity index (χ1) is 10.0. The van der Waals surface area contributed by atoms with E-state index in [-0.39, 0.29) is 18.1 Å². The van der Waals surface area contributed by atoms with Crippen LogP contribution in [-0.2, 0) is 11.3 Å². The molecule has 0 unspecified atom stereocenters. The van der Waals surface area contributed by atoms with Crippen molar-refractivity contribution in [2.24, 2.45) is 0 Å². The molecule has 2 aromatic carbocycles. The summed E-state index contributed by atoms with van der Waals surface area (Å²) in [6.45, 7) is 0.0425. The smallest absolute Gasteiger partial charge is 0.337 e. The zero-order chi connectivity index (χ0) is 15.4. The summed E-state index contributed by atoms with van der Waals surface area (Å²) in [4.78, 5) is 11.4. The van der Waals surface area contributed by atoms with Crippen molar-refractivity contribution in [3.8, 4) is 5.75 Å². The molecule has 0 heterocycles. The van der Waals surface area contributed by atoms with Gasteiger partial charge >= 0.3 is 5.97 Å². The molecule has 0 amide bonds. The third kappa shape index (κ3) is 3.72. The number of hydrogen-bond acceptors (Lipinski definition) is 4. The van der Waals surface area contributed by atoms with Crippen LogP contribution in [0.5, 0.6) is 5.75 Å². The number of carbonyl (C=O) groups is 1. The lowest BCUT2D eigenvalue weighted by Gasteiger charge is -2.10. The van der Waals surface area contributed by atoms with Gasteiger partial charge in [-0.3, -0.25) is 0 Å². The molecule has 0 aliphatic heterocycles. The number of nitrogen functional groups attached to an aromatic ring is 1. The van der Waals surface area contributed by atoms with Crippen LogP contribution in [0.2, 0.25) is 0 Å². The average Bonchev–Trinajstić information content (AvgIpc) is 2.46. The fraction of sp³-hybridized carbons (Fsp3) is 0.133. The van der Waals surface area contributed by atoms with Crippen LogP contribution in [0.25, 0.3) is 0 Å². The van der Waals surface area contributed by atoms with Crippen LogP contribution in [0.4, 0.5) is 10.1 Å². The van der Waals surface area contributed by atoms with E-state index in [0.717, 1.165) is 0 Å². The van der Waals surface area contributed by atoms with Crippen molar-refractivity contribution in [1.82, 2.24) is 0 Å². The molecule has 21 heavy (non-hydrogen) atoms. The summed E-state index contributed by atoms with van der Waals surface area (Å²) < 4.78 is 24.4. The molecule has 0 spiro atoms. The van der Waals surface area contributed by atoms with E-state index in [2.05, 4.69) is 20.7 Å². The average molecular weight is 354 g/mol. The maximum atomic E-state index is 13.7. The molecule has 2 N–H and O–H groups in total. The van der Waals surface area contributed by atoms with Gasteiger partial charge in [0.2, 0.25) is 0 Å².